The number of rotatable bonds is 5. The van der Waals surface area contributed by atoms with Gasteiger partial charge in [0.25, 0.3) is 5.91 Å². The topological polar surface area (TPSA) is 54.5 Å². The summed E-state index contributed by atoms with van der Waals surface area (Å²) >= 11 is 0. The third-order valence-corrected chi connectivity index (χ3v) is 5.62. The van der Waals surface area contributed by atoms with Gasteiger partial charge in [-0.05, 0) is 35.6 Å². The number of nitrogens with zero attached hydrogens (tertiary/aromatic N) is 1. The van der Waals surface area contributed by atoms with Gasteiger partial charge in [-0.2, -0.15) is 0 Å². The first-order chi connectivity index (χ1) is 12.0. The summed E-state index contributed by atoms with van der Waals surface area (Å²) in [6, 6.07) is 15.9. The van der Waals surface area contributed by atoms with Crippen molar-refractivity contribution >= 4 is 21.6 Å². The molecule has 0 N–H and O–H groups in total. The minimum atomic E-state index is -3.90. The summed E-state index contributed by atoms with van der Waals surface area (Å²) in [7, 11) is -3.90. The van der Waals surface area contributed by atoms with Crippen LogP contribution in [0.3, 0.4) is 0 Å². The van der Waals surface area contributed by atoms with Gasteiger partial charge in [0.2, 0.25) is 10.0 Å². The highest BCUT2D eigenvalue weighted by molar-refractivity contribution is 7.92. The van der Waals surface area contributed by atoms with Crippen molar-refractivity contribution in [3.8, 4) is 0 Å². The van der Waals surface area contributed by atoms with E-state index in [0.717, 1.165) is 9.87 Å². The molecular formula is C21H25NO3S. The van der Waals surface area contributed by atoms with Crippen molar-refractivity contribution in [2.24, 2.45) is 0 Å². The van der Waals surface area contributed by atoms with Crippen LogP contribution in [-0.4, -0.2) is 14.3 Å². The van der Waals surface area contributed by atoms with Crippen LogP contribution in [0.5, 0.6) is 0 Å². The molecule has 0 bridgehead atoms. The van der Waals surface area contributed by atoms with Crippen LogP contribution in [-0.2, 0) is 26.0 Å². The summed E-state index contributed by atoms with van der Waals surface area (Å²) in [6.45, 7) is 11.4. The van der Waals surface area contributed by atoms with Gasteiger partial charge in [-0.1, -0.05) is 69.8 Å². The van der Waals surface area contributed by atoms with Gasteiger partial charge in [-0.15, -0.1) is 0 Å². The molecule has 0 heterocycles. The van der Waals surface area contributed by atoms with Crippen LogP contribution < -0.4 is 4.31 Å². The Labute approximate surface area is 156 Å². The van der Waals surface area contributed by atoms with Gasteiger partial charge >= 0.3 is 0 Å². The monoisotopic (exact) mass is 371 g/mol. The third-order valence-electron chi connectivity index (χ3n) is 3.99. The number of benzene rings is 2. The second-order valence-corrected chi connectivity index (χ2v) is 9.21. The predicted octanol–water partition coefficient (Wildman–Crippen LogP) is 4.42. The Kier molecular flexibility index (Phi) is 5.71. The lowest BCUT2D eigenvalue weighted by atomic mass is 9.87. The van der Waals surface area contributed by atoms with E-state index in [0.29, 0.717) is 11.3 Å². The normalized spacial score (nSPS) is 11.8. The maximum Gasteiger partial charge on any atom is 0.267 e. The molecule has 0 aliphatic rings. The summed E-state index contributed by atoms with van der Waals surface area (Å²) < 4.78 is 26.8. The average Bonchev–Trinajstić information content (AvgIpc) is 2.54. The van der Waals surface area contributed by atoms with Crippen molar-refractivity contribution < 1.29 is 13.2 Å². The van der Waals surface area contributed by atoms with E-state index in [1.54, 1.807) is 36.4 Å². The first kappa shape index (κ1) is 19.9. The lowest BCUT2D eigenvalue weighted by Crippen LogP contribution is -2.38. The van der Waals surface area contributed by atoms with Gasteiger partial charge in [0.05, 0.1) is 11.4 Å². The van der Waals surface area contributed by atoms with Crippen molar-refractivity contribution in [3.05, 3.63) is 77.9 Å². The number of anilines is 1. The van der Waals surface area contributed by atoms with Crippen LogP contribution in [0, 0.1) is 0 Å². The van der Waals surface area contributed by atoms with Crippen molar-refractivity contribution in [1.29, 1.82) is 0 Å². The fourth-order valence-corrected chi connectivity index (χ4v) is 4.12. The fourth-order valence-electron chi connectivity index (χ4n) is 2.52. The molecule has 2 aromatic rings. The first-order valence-corrected chi connectivity index (χ1v) is 10.0. The molecule has 0 atom stereocenters. The SMILES string of the molecule is C=C(C)C(=O)N(c1ccc(C(C)(C)C)cc1)S(=O)(=O)Cc1ccccc1. The van der Waals surface area contributed by atoms with E-state index in [1.807, 2.05) is 18.2 Å². The number of hydrogen-bond donors (Lipinski definition) is 0. The average molecular weight is 372 g/mol. The Bertz CT molecular complexity index is 893. The van der Waals surface area contributed by atoms with Crippen LogP contribution >= 0.6 is 0 Å². The molecule has 4 nitrogen and oxygen atoms in total. The molecule has 0 fully saturated rings. The lowest BCUT2D eigenvalue weighted by Gasteiger charge is -2.24. The summed E-state index contributed by atoms with van der Waals surface area (Å²) in [6.07, 6.45) is 0. The molecule has 1 amide bonds. The Morgan fingerprint density at radius 2 is 1.54 bits per heavy atom. The zero-order valence-corrected chi connectivity index (χ0v) is 16.5. The summed E-state index contributed by atoms with van der Waals surface area (Å²) in [5.74, 6) is -0.877. The number of carbonyl (C=O) groups excluding carboxylic acids is 1. The number of amides is 1. The number of carbonyl (C=O) groups is 1. The number of hydrogen-bond acceptors (Lipinski definition) is 3. The van der Waals surface area contributed by atoms with Gasteiger partial charge in [-0.3, -0.25) is 4.79 Å². The van der Waals surface area contributed by atoms with Gasteiger partial charge < -0.3 is 0 Å². The Balaban J connectivity index is 2.47. The van der Waals surface area contributed by atoms with E-state index < -0.39 is 15.9 Å². The summed E-state index contributed by atoms with van der Waals surface area (Å²) in [4.78, 5) is 12.6. The maximum absolute atomic E-state index is 13.0. The van der Waals surface area contributed by atoms with Gasteiger partial charge in [0, 0.05) is 5.57 Å². The lowest BCUT2D eigenvalue weighted by molar-refractivity contribution is -0.113. The summed E-state index contributed by atoms with van der Waals surface area (Å²) in [5.41, 5.74) is 2.11. The Morgan fingerprint density at radius 3 is 2.00 bits per heavy atom. The van der Waals surface area contributed by atoms with E-state index in [-0.39, 0.29) is 16.7 Å². The molecule has 0 aromatic heterocycles. The van der Waals surface area contributed by atoms with Crippen LogP contribution in [0.4, 0.5) is 5.69 Å². The van der Waals surface area contributed by atoms with Crippen molar-refractivity contribution in [2.75, 3.05) is 4.31 Å². The highest BCUT2D eigenvalue weighted by atomic mass is 32.2. The van der Waals surface area contributed by atoms with Crippen LogP contribution in [0.2, 0.25) is 0 Å². The molecule has 0 saturated heterocycles. The standard InChI is InChI=1S/C21H25NO3S/c1-16(2)20(23)22(19-13-11-18(12-14-19)21(3,4)5)26(24,25)15-17-9-7-6-8-10-17/h6-14H,1,15H2,2-5H3. The fraction of sp³-hybridized carbons (Fsp3) is 0.286. The first-order valence-electron chi connectivity index (χ1n) is 8.40. The molecule has 26 heavy (non-hydrogen) atoms. The third kappa shape index (κ3) is 4.61. The molecule has 5 heteroatoms. The van der Waals surface area contributed by atoms with E-state index in [2.05, 4.69) is 27.4 Å². The van der Waals surface area contributed by atoms with E-state index >= 15 is 0 Å². The van der Waals surface area contributed by atoms with Gasteiger partial charge in [-0.25, -0.2) is 12.7 Å². The zero-order valence-electron chi connectivity index (χ0n) is 15.7. The highest BCUT2D eigenvalue weighted by Crippen LogP contribution is 2.28. The highest BCUT2D eigenvalue weighted by Gasteiger charge is 2.30. The minimum Gasteiger partial charge on any atom is -0.268 e. The quantitative estimate of drug-likeness (QED) is 0.731. The summed E-state index contributed by atoms with van der Waals surface area (Å²) in [5, 5.41) is 0. The zero-order chi connectivity index (χ0) is 19.5. The van der Waals surface area contributed by atoms with Gasteiger partial charge in [0.15, 0.2) is 0 Å². The van der Waals surface area contributed by atoms with Crippen molar-refractivity contribution in [1.82, 2.24) is 0 Å². The molecule has 2 rings (SSSR count). The molecule has 0 radical (unpaired) electrons. The van der Waals surface area contributed by atoms with E-state index in [9.17, 15) is 13.2 Å². The Morgan fingerprint density at radius 1 is 1.00 bits per heavy atom. The van der Waals surface area contributed by atoms with Crippen molar-refractivity contribution in [3.63, 3.8) is 0 Å². The van der Waals surface area contributed by atoms with Crippen molar-refractivity contribution in [2.45, 2.75) is 38.9 Å². The van der Waals surface area contributed by atoms with Crippen LogP contribution in [0.25, 0.3) is 0 Å². The molecule has 0 spiro atoms. The predicted molar refractivity (Wildman–Crippen MR) is 107 cm³/mol. The van der Waals surface area contributed by atoms with Crippen LogP contribution in [0.1, 0.15) is 38.8 Å². The number of sulfonamides is 1. The second kappa shape index (κ2) is 7.46. The molecule has 0 saturated carbocycles. The Hall–Kier alpha value is -2.40. The molecule has 2 aromatic carbocycles. The maximum atomic E-state index is 13.0. The smallest absolute Gasteiger partial charge is 0.267 e. The molecular weight excluding hydrogens is 346 g/mol. The minimum absolute atomic E-state index is 0.0648. The van der Waals surface area contributed by atoms with E-state index in [1.165, 1.54) is 6.92 Å². The van der Waals surface area contributed by atoms with Crippen LogP contribution in [0.15, 0.2) is 66.7 Å². The van der Waals surface area contributed by atoms with E-state index in [4.69, 9.17) is 0 Å². The second-order valence-electron chi connectivity index (χ2n) is 7.39. The molecule has 138 valence electrons. The molecule has 0 unspecified atom stereocenters. The molecule has 0 aliphatic carbocycles. The molecule has 0 aliphatic heterocycles. The van der Waals surface area contributed by atoms with Gasteiger partial charge in [0.1, 0.15) is 0 Å². The largest absolute Gasteiger partial charge is 0.268 e.